The molecule has 0 spiro atoms. The molecule has 2 aromatic carbocycles. The summed E-state index contributed by atoms with van der Waals surface area (Å²) in [6.45, 7) is 0.673. The van der Waals surface area contributed by atoms with Gasteiger partial charge in [0.2, 0.25) is 5.91 Å². The lowest BCUT2D eigenvalue weighted by atomic mass is 10.0. The van der Waals surface area contributed by atoms with Crippen molar-refractivity contribution in [1.29, 1.82) is 0 Å². The van der Waals surface area contributed by atoms with E-state index < -0.39 is 0 Å². The maximum absolute atomic E-state index is 12.3. The molecule has 1 amide bonds. The van der Waals surface area contributed by atoms with Gasteiger partial charge in [0.1, 0.15) is 0 Å². The molecule has 2 nitrogen and oxygen atoms in total. The summed E-state index contributed by atoms with van der Waals surface area (Å²) in [5.41, 5.74) is 1.21. The molecule has 0 unspecified atom stereocenters. The number of thiophene rings is 1. The fraction of sp³-hybridized carbons (Fsp3) is 0.211. The number of hydrogen-bond acceptors (Lipinski definition) is 2. The molecule has 4 heteroatoms. The maximum Gasteiger partial charge on any atom is 0.222 e. The van der Waals surface area contributed by atoms with Gasteiger partial charge in [-0.15, -0.1) is 11.3 Å². The van der Waals surface area contributed by atoms with E-state index in [1.54, 1.807) is 16.2 Å². The van der Waals surface area contributed by atoms with E-state index in [0.717, 1.165) is 10.9 Å². The standard InChI is InChI=1S/C19H18BrNOS/c1-21(12-18-11-17(20)13-23-18)19(22)9-7-14-6-8-15-4-2-3-5-16(15)10-14/h2-6,8,10-11,13H,7,9,12H2,1H3. The zero-order valence-corrected chi connectivity index (χ0v) is 15.4. The number of benzene rings is 2. The van der Waals surface area contributed by atoms with Crippen LogP contribution in [0.25, 0.3) is 10.8 Å². The summed E-state index contributed by atoms with van der Waals surface area (Å²) in [7, 11) is 1.87. The highest BCUT2D eigenvalue weighted by Crippen LogP contribution is 2.21. The largest absolute Gasteiger partial charge is 0.341 e. The lowest BCUT2D eigenvalue weighted by Gasteiger charge is -2.16. The average Bonchev–Trinajstić information content (AvgIpc) is 2.97. The second-order valence-corrected chi connectivity index (χ2v) is 7.57. The quantitative estimate of drug-likeness (QED) is 0.584. The molecule has 3 aromatic rings. The Hall–Kier alpha value is -1.65. The predicted octanol–water partition coefficient (Wildman–Crippen LogP) is 5.26. The molecule has 1 heterocycles. The van der Waals surface area contributed by atoms with Crippen LogP contribution in [0, 0.1) is 0 Å². The minimum Gasteiger partial charge on any atom is -0.341 e. The summed E-state index contributed by atoms with van der Waals surface area (Å²) in [6, 6.07) is 16.8. The molecule has 0 aliphatic heterocycles. The van der Waals surface area contributed by atoms with Crippen LogP contribution < -0.4 is 0 Å². The van der Waals surface area contributed by atoms with Crippen LogP contribution in [0.2, 0.25) is 0 Å². The van der Waals surface area contributed by atoms with Gasteiger partial charge in [0.15, 0.2) is 0 Å². The second kappa shape index (κ2) is 7.28. The van der Waals surface area contributed by atoms with Crippen molar-refractivity contribution >= 4 is 43.9 Å². The second-order valence-electron chi connectivity index (χ2n) is 5.66. The van der Waals surface area contributed by atoms with Crippen molar-refractivity contribution in [2.24, 2.45) is 0 Å². The zero-order valence-electron chi connectivity index (χ0n) is 13.0. The molecule has 0 atom stereocenters. The molecule has 0 radical (unpaired) electrons. The van der Waals surface area contributed by atoms with E-state index in [9.17, 15) is 4.79 Å². The first-order valence-electron chi connectivity index (χ1n) is 7.56. The van der Waals surface area contributed by atoms with Crippen LogP contribution in [0.4, 0.5) is 0 Å². The van der Waals surface area contributed by atoms with E-state index in [-0.39, 0.29) is 5.91 Å². The third-order valence-electron chi connectivity index (χ3n) is 3.88. The number of nitrogens with zero attached hydrogens (tertiary/aromatic N) is 1. The van der Waals surface area contributed by atoms with Gasteiger partial charge in [-0.1, -0.05) is 42.5 Å². The Kier molecular flexibility index (Phi) is 5.13. The minimum atomic E-state index is 0.183. The Morgan fingerprint density at radius 3 is 2.65 bits per heavy atom. The van der Waals surface area contributed by atoms with Crippen LogP contribution in [0.3, 0.4) is 0 Å². The van der Waals surface area contributed by atoms with E-state index in [0.29, 0.717) is 13.0 Å². The van der Waals surface area contributed by atoms with Gasteiger partial charge in [-0.25, -0.2) is 0 Å². The number of aryl methyl sites for hydroxylation is 1. The van der Waals surface area contributed by atoms with E-state index in [1.807, 2.05) is 24.6 Å². The fourth-order valence-electron chi connectivity index (χ4n) is 2.60. The third-order valence-corrected chi connectivity index (χ3v) is 5.56. The molecule has 3 rings (SSSR count). The molecule has 0 bridgehead atoms. The summed E-state index contributed by atoms with van der Waals surface area (Å²) in [6.07, 6.45) is 1.32. The molecule has 0 fully saturated rings. The Morgan fingerprint density at radius 1 is 1.13 bits per heavy atom. The van der Waals surface area contributed by atoms with Crippen molar-refractivity contribution in [1.82, 2.24) is 4.90 Å². The number of carbonyl (C=O) groups is 1. The van der Waals surface area contributed by atoms with Crippen LogP contribution in [-0.4, -0.2) is 17.9 Å². The highest BCUT2D eigenvalue weighted by Gasteiger charge is 2.10. The Morgan fingerprint density at radius 2 is 1.91 bits per heavy atom. The van der Waals surface area contributed by atoms with E-state index >= 15 is 0 Å². The molecular weight excluding hydrogens is 370 g/mol. The van der Waals surface area contributed by atoms with E-state index in [4.69, 9.17) is 0 Å². The highest BCUT2D eigenvalue weighted by atomic mass is 79.9. The topological polar surface area (TPSA) is 20.3 Å². The molecule has 0 N–H and O–H groups in total. The van der Waals surface area contributed by atoms with Crippen LogP contribution in [-0.2, 0) is 17.8 Å². The minimum absolute atomic E-state index is 0.183. The Labute approximate surface area is 148 Å². The lowest BCUT2D eigenvalue weighted by molar-refractivity contribution is -0.130. The van der Waals surface area contributed by atoms with Crippen molar-refractivity contribution in [2.75, 3.05) is 7.05 Å². The Bertz CT molecular complexity index is 827. The van der Waals surface area contributed by atoms with Gasteiger partial charge in [-0.05, 0) is 44.8 Å². The number of fused-ring (bicyclic) bond motifs is 1. The number of amides is 1. The Balaban J connectivity index is 1.58. The smallest absolute Gasteiger partial charge is 0.222 e. The molecule has 0 saturated carbocycles. The first kappa shape index (κ1) is 16.2. The van der Waals surface area contributed by atoms with Gasteiger partial charge in [-0.2, -0.15) is 0 Å². The van der Waals surface area contributed by atoms with Crippen LogP contribution >= 0.6 is 27.3 Å². The van der Waals surface area contributed by atoms with Crippen molar-refractivity contribution < 1.29 is 4.79 Å². The summed E-state index contributed by atoms with van der Waals surface area (Å²) in [5, 5.41) is 4.51. The summed E-state index contributed by atoms with van der Waals surface area (Å²) >= 11 is 5.12. The van der Waals surface area contributed by atoms with Crippen molar-refractivity contribution in [2.45, 2.75) is 19.4 Å². The zero-order chi connectivity index (χ0) is 16.2. The van der Waals surface area contributed by atoms with Crippen molar-refractivity contribution in [3.8, 4) is 0 Å². The summed E-state index contributed by atoms with van der Waals surface area (Å²) in [4.78, 5) is 15.3. The maximum atomic E-state index is 12.3. The van der Waals surface area contributed by atoms with Gasteiger partial charge >= 0.3 is 0 Å². The molecule has 0 aliphatic carbocycles. The first-order valence-corrected chi connectivity index (χ1v) is 9.23. The summed E-state index contributed by atoms with van der Waals surface area (Å²) in [5.74, 6) is 0.183. The lowest BCUT2D eigenvalue weighted by Crippen LogP contribution is -2.25. The van der Waals surface area contributed by atoms with Crippen LogP contribution in [0.5, 0.6) is 0 Å². The first-order chi connectivity index (χ1) is 11.1. The third kappa shape index (κ3) is 4.21. The number of halogens is 1. The van der Waals surface area contributed by atoms with Crippen LogP contribution in [0.15, 0.2) is 58.4 Å². The normalized spacial score (nSPS) is 10.9. The number of hydrogen-bond donors (Lipinski definition) is 0. The molecule has 0 saturated heterocycles. The molecule has 0 aliphatic rings. The van der Waals surface area contributed by atoms with Gasteiger partial charge in [0.25, 0.3) is 0 Å². The SMILES string of the molecule is CN(Cc1cc(Br)cs1)C(=O)CCc1ccc2ccccc2c1. The van der Waals surface area contributed by atoms with E-state index in [2.05, 4.69) is 52.3 Å². The number of carbonyl (C=O) groups excluding carboxylic acids is 1. The van der Waals surface area contributed by atoms with Crippen LogP contribution in [0.1, 0.15) is 16.9 Å². The van der Waals surface area contributed by atoms with Gasteiger partial charge in [0.05, 0.1) is 6.54 Å². The summed E-state index contributed by atoms with van der Waals surface area (Å²) < 4.78 is 1.08. The molecule has 23 heavy (non-hydrogen) atoms. The van der Waals surface area contributed by atoms with Gasteiger partial charge in [0, 0.05) is 28.2 Å². The highest BCUT2D eigenvalue weighted by molar-refractivity contribution is 9.10. The fourth-order valence-corrected chi connectivity index (χ4v) is 4.10. The van der Waals surface area contributed by atoms with Crippen molar-refractivity contribution in [3.63, 3.8) is 0 Å². The predicted molar refractivity (Wildman–Crippen MR) is 101 cm³/mol. The molecule has 118 valence electrons. The number of rotatable bonds is 5. The average molecular weight is 388 g/mol. The molecule has 1 aromatic heterocycles. The van der Waals surface area contributed by atoms with Gasteiger partial charge < -0.3 is 4.90 Å². The van der Waals surface area contributed by atoms with Crippen molar-refractivity contribution in [3.05, 3.63) is 68.8 Å². The molecular formula is C19H18BrNOS. The van der Waals surface area contributed by atoms with Gasteiger partial charge in [-0.3, -0.25) is 4.79 Å². The monoisotopic (exact) mass is 387 g/mol. The van der Waals surface area contributed by atoms with E-state index in [1.165, 1.54) is 21.2 Å².